The van der Waals surface area contributed by atoms with Gasteiger partial charge in [0.05, 0.1) is 30.3 Å². The number of hydrogen-bond donors (Lipinski definition) is 1. The zero-order chi connectivity index (χ0) is 18.2. The van der Waals surface area contributed by atoms with Crippen molar-refractivity contribution in [3.8, 4) is 5.69 Å². The Bertz CT molecular complexity index is 881. The van der Waals surface area contributed by atoms with E-state index in [2.05, 4.69) is 10.2 Å². The quantitative estimate of drug-likeness (QED) is 0.790. The average Bonchev–Trinajstić information content (AvgIpc) is 3.24. The first-order valence-electron chi connectivity index (χ1n) is 7.65. The second-order valence-corrected chi connectivity index (χ2v) is 7.59. The van der Waals surface area contributed by atoms with Crippen LogP contribution < -0.4 is 0 Å². The van der Waals surface area contributed by atoms with Crippen LogP contribution in [0.2, 0.25) is 0 Å². The molecule has 9 nitrogen and oxygen atoms in total. The highest BCUT2D eigenvalue weighted by Gasteiger charge is 2.40. The van der Waals surface area contributed by atoms with Gasteiger partial charge in [0.1, 0.15) is 5.25 Å². The van der Waals surface area contributed by atoms with Crippen LogP contribution in [0.25, 0.3) is 5.69 Å². The molecule has 1 saturated heterocycles. The van der Waals surface area contributed by atoms with Gasteiger partial charge >= 0.3 is 0 Å². The van der Waals surface area contributed by atoms with Crippen LogP contribution in [0.5, 0.6) is 0 Å². The van der Waals surface area contributed by atoms with Crippen LogP contribution in [-0.4, -0.2) is 63.4 Å². The molecule has 1 aliphatic rings. The number of aromatic nitrogens is 3. The monoisotopic (exact) mass is 366 g/mol. The van der Waals surface area contributed by atoms with Crippen LogP contribution in [0.15, 0.2) is 30.6 Å². The predicted molar refractivity (Wildman–Crippen MR) is 87.9 cm³/mol. The lowest BCUT2D eigenvalue weighted by Crippen LogP contribution is -2.45. The van der Waals surface area contributed by atoms with Crippen molar-refractivity contribution in [3.05, 3.63) is 41.7 Å². The smallest absolute Gasteiger partial charge is 0.271 e. The van der Waals surface area contributed by atoms with E-state index in [1.165, 1.54) is 29.0 Å². The van der Waals surface area contributed by atoms with Gasteiger partial charge in [-0.15, -0.1) is 0 Å². The number of nitrogens with zero attached hydrogens (tertiary/aromatic N) is 4. The molecule has 134 valence electrons. The Labute approximate surface area is 144 Å². The maximum Gasteiger partial charge on any atom is 0.271 e. The minimum atomic E-state index is -4.35. The standard InChI is InChI=1S/C15H18N4O5S/c1-10-3-4-13(19-16-5-6-17-19)12(9-10)14(20)18-7-8-24-15(18)11(2)25(21,22)23/h3-6,9,11,15H,7-8H2,1-2H3,(H,21,22,23). The topological polar surface area (TPSA) is 115 Å². The lowest BCUT2D eigenvalue weighted by molar-refractivity contribution is 0.0272. The predicted octanol–water partition coefficient (Wildman–Crippen LogP) is 0.651. The van der Waals surface area contributed by atoms with Gasteiger partial charge in [-0.3, -0.25) is 9.35 Å². The van der Waals surface area contributed by atoms with Crippen molar-refractivity contribution in [2.75, 3.05) is 13.2 Å². The fraction of sp³-hybridized carbons (Fsp3) is 0.400. The van der Waals surface area contributed by atoms with Crippen molar-refractivity contribution in [3.63, 3.8) is 0 Å². The van der Waals surface area contributed by atoms with Gasteiger partial charge in [-0.25, -0.2) is 0 Å². The summed E-state index contributed by atoms with van der Waals surface area (Å²) in [6, 6.07) is 5.24. The molecule has 2 heterocycles. The van der Waals surface area contributed by atoms with E-state index >= 15 is 0 Å². The number of ether oxygens (including phenoxy) is 1. The van der Waals surface area contributed by atoms with E-state index in [4.69, 9.17) is 4.74 Å². The molecule has 25 heavy (non-hydrogen) atoms. The molecule has 0 bridgehead atoms. The first-order valence-corrected chi connectivity index (χ1v) is 9.15. The summed E-state index contributed by atoms with van der Waals surface area (Å²) in [5, 5.41) is 6.84. The fourth-order valence-corrected chi connectivity index (χ4v) is 3.25. The van der Waals surface area contributed by atoms with Crippen LogP contribution in [0.3, 0.4) is 0 Å². The molecule has 1 fully saturated rings. The first kappa shape index (κ1) is 17.5. The second-order valence-electron chi connectivity index (χ2n) is 5.82. The van der Waals surface area contributed by atoms with E-state index in [0.717, 1.165) is 5.56 Å². The number of aryl methyl sites for hydroxylation is 1. The minimum absolute atomic E-state index is 0.192. The van der Waals surface area contributed by atoms with Crippen molar-refractivity contribution in [2.24, 2.45) is 0 Å². The van der Waals surface area contributed by atoms with E-state index in [1.54, 1.807) is 12.1 Å². The number of carbonyl (C=O) groups is 1. The van der Waals surface area contributed by atoms with Gasteiger partial charge in [-0.2, -0.15) is 23.4 Å². The van der Waals surface area contributed by atoms with Crippen LogP contribution >= 0.6 is 0 Å². The van der Waals surface area contributed by atoms with Crippen LogP contribution in [0.1, 0.15) is 22.8 Å². The highest BCUT2D eigenvalue weighted by Crippen LogP contribution is 2.24. The molecule has 1 aromatic carbocycles. The Balaban J connectivity index is 1.99. The zero-order valence-corrected chi connectivity index (χ0v) is 14.5. The van der Waals surface area contributed by atoms with E-state index < -0.39 is 27.5 Å². The molecule has 1 N–H and O–H groups in total. The molecule has 0 spiro atoms. The van der Waals surface area contributed by atoms with E-state index in [0.29, 0.717) is 11.3 Å². The largest absolute Gasteiger partial charge is 0.355 e. The average molecular weight is 366 g/mol. The third kappa shape index (κ3) is 3.41. The maximum absolute atomic E-state index is 13.1. The Morgan fingerprint density at radius 1 is 1.36 bits per heavy atom. The molecule has 2 unspecified atom stereocenters. The van der Waals surface area contributed by atoms with Gasteiger partial charge in [0.15, 0.2) is 6.23 Å². The van der Waals surface area contributed by atoms with Gasteiger partial charge in [-0.1, -0.05) is 11.6 Å². The van der Waals surface area contributed by atoms with E-state index in [9.17, 15) is 17.8 Å². The van der Waals surface area contributed by atoms with Crippen molar-refractivity contribution >= 4 is 16.0 Å². The van der Waals surface area contributed by atoms with E-state index in [-0.39, 0.29) is 13.2 Å². The number of amides is 1. The van der Waals surface area contributed by atoms with Crippen molar-refractivity contribution < 1.29 is 22.5 Å². The molecular formula is C15H18N4O5S. The Hall–Kier alpha value is -2.30. The van der Waals surface area contributed by atoms with Crippen molar-refractivity contribution in [1.82, 2.24) is 19.9 Å². The molecule has 2 aromatic rings. The molecule has 1 amide bonds. The lowest BCUT2D eigenvalue weighted by Gasteiger charge is -2.27. The summed E-state index contributed by atoms with van der Waals surface area (Å²) in [5.41, 5.74) is 1.67. The summed E-state index contributed by atoms with van der Waals surface area (Å²) < 4.78 is 37.6. The molecule has 0 radical (unpaired) electrons. The van der Waals surface area contributed by atoms with Crippen molar-refractivity contribution in [2.45, 2.75) is 25.3 Å². The molecule has 0 aliphatic carbocycles. The van der Waals surface area contributed by atoms with E-state index in [1.807, 2.05) is 13.0 Å². The fourth-order valence-electron chi connectivity index (χ4n) is 2.73. The summed E-state index contributed by atoms with van der Waals surface area (Å²) >= 11 is 0. The lowest BCUT2D eigenvalue weighted by atomic mass is 10.1. The Morgan fingerprint density at radius 3 is 2.68 bits per heavy atom. The van der Waals surface area contributed by atoms with Gasteiger partial charge < -0.3 is 9.64 Å². The molecule has 2 atom stereocenters. The minimum Gasteiger partial charge on any atom is -0.355 e. The maximum atomic E-state index is 13.1. The van der Waals surface area contributed by atoms with Gasteiger partial charge in [0.2, 0.25) is 0 Å². The third-order valence-corrected chi connectivity index (χ3v) is 5.25. The van der Waals surface area contributed by atoms with Crippen molar-refractivity contribution in [1.29, 1.82) is 0 Å². The third-order valence-electron chi connectivity index (χ3n) is 4.08. The summed E-state index contributed by atoms with van der Waals surface area (Å²) in [7, 11) is -4.35. The first-order chi connectivity index (χ1) is 11.8. The number of carbonyl (C=O) groups excluding carboxylic acids is 1. The van der Waals surface area contributed by atoms with Gasteiger partial charge in [-0.05, 0) is 26.0 Å². The Morgan fingerprint density at radius 2 is 2.04 bits per heavy atom. The van der Waals surface area contributed by atoms with Crippen LogP contribution in [-0.2, 0) is 14.9 Å². The summed E-state index contributed by atoms with van der Waals surface area (Å²) in [6.07, 6.45) is 1.94. The summed E-state index contributed by atoms with van der Waals surface area (Å²) in [6.45, 7) is 3.56. The normalized spacial score (nSPS) is 19.2. The zero-order valence-electron chi connectivity index (χ0n) is 13.7. The molecule has 1 aliphatic heterocycles. The molecular weight excluding hydrogens is 348 g/mol. The Kier molecular flexibility index (Phi) is 4.58. The number of rotatable bonds is 4. The van der Waals surface area contributed by atoms with Gasteiger partial charge in [0, 0.05) is 6.54 Å². The SMILES string of the molecule is Cc1ccc(-n2nccn2)c(C(=O)N2CCOC2C(C)S(=O)(=O)O)c1. The highest BCUT2D eigenvalue weighted by atomic mass is 32.2. The molecule has 0 saturated carbocycles. The highest BCUT2D eigenvalue weighted by molar-refractivity contribution is 7.86. The number of benzene rings is 1. The van der Waals surface area contributed by atoms with Gasteiger partial charge in [0.25, 0.3) is 16.0 Å². The van der Waals surface area contributed by atoms with Crippen LogP contribution in [0.4, 0.5) is 0 Å². The van der Waals surface area contributed by atoms with Crippen LogP contribution in [0, 0.1) is 6.92 Å². The summed E-state index contributed by atoms with van der Waals surface area (Å²) in [5.74, 6) is -0.408. The second kappa shape index (κ2) is 6.54. The molecule has 10 heteroatoms. The number of hydrogen-bond acceptors (Lipinski definition) is 6. The molecule has 1 aromatic heterocycles. The summed E-state index contributed by atoms with van der Waals surface area (Å²) in [4.78, 5) is 15.7. The molecule has 3 rings (SSSR count).